The molecule has 1 atom stereocenters. The van der Waals surface area contributed by atoms with Gasteiger partial charge >= 0.3 is 0 Å². The van der Waals surface area contributed by atoms with E-state index in [1.165, 1.54) is 25.7 Å². The lowest BCUT2D eigenvalue weighted by Crippen LogP contribution is -2.28. The van der Waals surface area contributed by atoms with E-state index in [1.807, 2.05) is 0 Å². The van der Waals surface area contributed by atoms with Crippen molar-refractivity contribution in [2.45, 2.75) is 39.0 Å². The highest BCUT2D eigenvalue weighted by atomic mass is 32.2. The standard InChI is InChI=1S/C11H24N2O2S/c1-2-11-5-3-7-13(9-6-11)8-4-10-16(12,14)15/h11H,2-10H2,1H3,(H2,12,14,15). The summed E-state index contributed by atoms with van der Waals surface area (Å²) in [5.74, 6) is 0.976. The van der Waals surface area contributed by atoms with Gasteiger partial charge in [0.25, 0.3) is 0 Å². The minimum Gasteiger partial charge on any atom is -0.303 e. The quantitative estimate of drug-likeness (QED) is 0.794. The first kappa shape index (κ1) is 13.9. The highest BCUT2D eigenvalue weighted by Gasteiger charge is 2.15. The molecule has 1 heterocycles. The summed E-state index contributed by atoms with van der Waals surface area (Å²) in [5.41, 5.74) is 0. The molecule has 1 unspecified atom stereocenters. The third-order valence-electron chi connectivity index (χ3n) is 3.42. The van der Waals surface area contributed by atoms with Crippen molar-refractivity contribution >= 4 is 10.0 Å². The molecule has 0 aromatic carbocycles. The molecule has 0 aromatic rings. The zero-order chi connectivity index (χ0) is 12.0. The number of likely N-dealkylation sites (tertiary alicyclic amines) is 1. The fourth-order valence-corrected chi connectivity index (χ4v) is 2.88. The Labute approximate surface area is 99.2 Å². The summed E-state index contributed by atoms with van der Waals surface area (Å²) in [7, 11) is -3.28. The fraction of sp³-hybridized carbons (Fsp3) is 1.00. The van der Waals surface area contributed by atoms with Crippen LogP contribution in [0.25, 0.3) is 0 Å². The molecular weight excluding hydrogens is 224 g/mol. The SMILES string of the molecule is CCC1CCCN(CCCS(N)(=O)=O)CC1. The van der Waals surface area contributed by atoms with E-state index in [-0.39, 0.29) is 5.75 Å². The third-order valence-corrected chi connectivity index (χ3v) is 4.28. The van der Waals surface area contributed by atoms with E-state index >= 15 is 0 Å². The topological polar surface area (TPSA) is 63.4 Å². The van der Waals surface area contributed by atoms with E-state index in [0.717, 1.165) is 25.6 Å². The Morgan fingerprint density at radius 2 is 2.06 bits per heavy atom. The maximum atomic E-state index is 10.8. The molecule has 0 spiro atoms. The van der Waals surface area contributed by atoms with Crippen molar-refractivity contribution in [2.75, 3.05) is 25.4 Å². The van der Waals surface area contributed by atoms with Crippen molar-refractivity contribution in [1.82, 2.24) is 4.90 Å². The molecular formula is C11H24N2O2S. The highest BCUT2D eigenvalue weighted by molar-refractivity contribution is 7.89. The largest absolute Gasteiger partial charge is 0.303 e. The Balaban J connectivity index is 2.22. The van der Waals surface area contributed by atoms with Crippen LogP contribution >= 0.6 is 0 Å². The molecule has 0 bridgehead atoms. The van der Waals surface area contributed by atoms with E-state index in [1.54, 1.807) is 0 Å². The highest BCUT2D eigenvalue weighted by Crippen LogP contribution is 2.20. The molecule has 1 aliphatic rings. The van der Waals surface area contributed by atoms with Gasteiger partial charge in [0.05, 0.1) is 5.75 Å². The Kier molecular flexibility index (Phi) is 5.72. The molecule has 0 saturated carbocycles. The molecule has 0 radical (unpaired) electrons. The van der Waals surface area contributed by atoms with Crippen LogP contribution in [0.15, 0.2) is 0 Å². The molecule has 0 aromatic heterocycles. The summed E-state index contributed by atoms with van der Waals surface area (Å²) in [5, 5.41) is 4.98. The van der Waals surface area contributed by atoms with Crippen molar-refractivity contribution in [3.8, 4) is 0 Å². The summed E-state index contributed by atoms with van der Waals surface area (Å²) < 4.78 is 21.6. The van der Waals surface area contributed by atoms with Gasteiger partial charge in [-0.15, -0.1) is 0 Å². The number of hydrogen-bond acceptors (Lipinski definition) is 3. The lowest BCUT2D eigenvalue weighted by Gasteiger charge is -2.19. The van der Waals surface area contributed by atoms with Crippen LogP contribution in [0.1, 0.15) is 39.0 Å². The monoisotopic (exact) mass is 248 g/mol. The summed E-state index contributed by atoms with van der Waals surface area (Å²) in [4.78, 5) is 2.38. The summed E-state index contributed by atoms with van der Waals surface area (Å²) in [6.07, 6.45) is 5.75. The van der Waals surface area contributed by atoms with E-state index < -0.39 is 10.0 Å². The lowest BCUT2D eigenvalue weighted by molar-refractivity contribution is 0.281. The maximum Gasteiger partial charge on any atom is 0.209 e. The first-order chi connectivity index (χ1) is 7.51. The lowest BCUT2D eigenvalue weighted by atomic mass is 9.98. The van der Waals surface area contributed by atoms with Crippen LogP contribution in [-0.2, 0) is 10.0 Å². The average Bonchev–Trinajstić information content (AvgIpc) is 2.41. The zero-order valence-corrected chi connectivity index (χ0v) is 11.0. The zero-order valence-electron chi connectivity index (χ0n) is 10.2. The van der Waals surface area contributed by atoms with Gasteiger partial charge in [-0.05, 0) is 51.2 Å². The van der Waals surface area contributed by atoms with Crippen LogP contribution in [0.5, 0.6) is 0 Å². The molecule has 0 aliphatic carbocycles. The van der Waals surface area contributed by atoms with Crippen LogP contribution in [0, 0.1) is 5.92 Å². The smallest absolute Gasteiger partial charge is 0.209 e. The normalized spacial score (nSPS) is 24.2. The molecule has 4 nitrogen and oxygen atoms in total. The summed E-state index contributed by atoms with van der Waals surface area (Å²) in [6, 6.07) is 0. The van der Waals surface area contributed by atoms with Gasteiger partial charge in [-0.25, -0.2) is 13.6 Å². The Morgan fingerprint density at radius 3 is 2.69 bits per heavy atom. The molecule has 2 N–H and O–H groups in total. The summed E-state index contributed by atoms with van der Waals surface area (Å²) >= 11 is 0. The van der Waals surface area contributed by atoms with E-state index in [4.69, 9.17) is 5.14 Å². The van der Waals surface area contributed by atoms with E-state index in [0.29, 0.717) is 6.42 Å². The first-order valence-corrected chi connectivity index (χ1v) is 7.95. The number of rotatable bonds is 5. The van der Waals surface area contributed by atoms with Gasteiger partial charge in [0, 0.05) is 0 Å². The van der Waals surface area contributed by atoms with Crippen LogP contribution < -0.4 is 5.14 Å². The second-order valence-corrected chi connectivity index (χ2v) is 6.50. The number of primary sulfonamides is 1. The molecule has 1 fully saturated rings. The van der Waals surface area contributed by atoms with Crippen molar-refractivity contribution in [3.05, 3.63) is 0 Å². The fourth-order valence-electron chi connectivity index (χ4n) is 2.35. The number of sulfonamides is 1. The van der Waals surface area contributed by atoms with Gasteiger partial charge in [0.15, 0.2) is 0 Å². The van der Waals surface area contributed by atoms with E-state index in [2.05, 4.69) is 11.8 Å². The molecule has 0 amide bonds. The molecule has 16 heavy (non-hydrogen) atoms. The van der Waals surface area contributed by atoms with Crippen molar-refractivity contribution in [1.29, 1.82) is 0 Å². The minimum atomic E-state index is -3.28. The van der Waals surface area contributed by atoms with Gasteiger partial charge < -0.3 is 4.90 Å². The minimum absolute atomic E-state index is 0.112. The van der Waals surface area contributed by atoms with Crippen LogP contribution in [0.4, 0.5) is 0 Å². The van der Waals surface area contributed by atoms with Crippen LogP contribution in [0.2, 0.25) is 0 Å². The van der Waals surface area contributed by atoms with Gasteiger partial charge in [0.2, 0.25) is 10.0 Å². The second kappa shape index (κ2) is 6.57. The van der Waals surface area contributed by atoms with Crippen LogP contribution in [0.3, 0.4) is 0 Å². The van der Waals surface area contributed by atoms with Crippen molar-refractivity contribution in [3.63, 3.8) is 0 Å². The molecule has 1 rings (SSSR count). The second-order valence-electron chi connectivity index (χ2n) is 4.77. The van der Waals surface area contributed by atoms with Crippen molar-refractivity contribution in [2.24, 2.45) is 11.1 Å². The molecule has 5 heteroatoms. The van der Waals surface area contributed by atoms with Gasteiger partial charge in [-0.1, -0.05) is 13.3 Å². The average molecular weight is 248 g/mol. The van der Waals surface area contributed by atoms with Gasteiger partial charge in [-0.3, -0.25) is 0 Å². The van der Waals surface area contributed by atoms with Gasteiger partial charge in [-0.2, -0.15) is 0 Å². The molecule has 1 aliphatic heterocycles. The Morgan fingerprint density at radius 1 is 1.31 bits per heavy atom. The van der Waals surface area contributed by atoms with E-state index in [9.17, 15) is 8.42 Å². The number of nitrogens with two attached hydrogens (primary N) is 1. The Bertz CT molecular complexity index is 290. The Hall–Kier alpha value is -0.130. The first-order valence-electron chi connectivity index (χ1n) is 6.24. The predicted molar refractivity (Wildman–Crippen MR) is 66.7 cm³/mol. The number of nitrogens with zero attached hydrogens (tertiary/aromatic N) is 1. The molecule has 96 valence electrons. The van der Waals surface area contributed by atoms with Gasteiger partial charge in [0.1, 0.15) is 0 Å². The molecule has 1 saturated heterocycles. The van der Waals surface area contributed by atoms with Crippen LogP contribution in [-0.4, -0.2) is 38.7 Å². The number of hydrogen-bond donors (Lipinski definition) is 1. The third kappa shape index (κ3) is 5.82. The summed E-state index contributed by atoms with van der Waals surface area (Å²) in [6.45, 7) is 5.35. The van der Waals surface area contributed by atoms with Crippen molar-refractivity contribution < 1.29 is 8.42 Å². The maximum absolute atomic E-state index is 10.8. The predicted octanol–water partition coefficient (Wildman–Crippen LogP) is 1.18.